The van der Waals surface area contributed by atoms with E-state index in [1.807, 2.05) is 0 Å². The second-order valence-corrected chi connectivity index (χ2v) is 9.65. The Morgan fingerprint density at radius 1 is 0.775 bits per heavy atom. The minimum Gasteiger partial charge on any atom is -0.491 e. The average Bonchev–Trinajstić information content (AvgIpc) is 2.93. The van der Waals surface area contributed by atoms with Crippen LogP contribution in [0.25, 0.3) is 0 Å². The lowest BCUT2D eigenvalue weighted by molar-refractivity contribution is -0.393. The molecule has 0 aliphatic heterocycles. The number of ether oxygens (including phenoxy) is 2. The van der Waals surface area contributed by atoms with Gasteiger partial charge in [0.15, 0.2) is 0 Å². The molecule has 2 atom stereocenters. The van der Waals surface area contributed by atoms with Crippen LogP contribution in [-0.4, -0.2) is 30.2 Å². The number of anilines is 3. The van der Waals surface area contributed by atoms with Gasteiger partial charge in [0.05, 0.1) is 28.2 Å². The summed E-state index contributed by atoms with van der Waals surface area (Å²) in [5.41, 5.74) is 17.2. The summed E-state index contributed by atoms with van der Waals surface area (Å²) in [7, 11) is 1.79. The molecule has 0 heterocycles. The lowest BCUT2D eigenvalue weighted by Crippen LogP contribution is -2.12. The summed E-state index contributed by atoms with van der Waals surface area (Å²) in [6, 6.07) is 8.45. The first-order chi connectivity index (χ1) is 19.0. The van der Waals surface area contributed by atoms with E-state index in [2.05, 4.69) is 27.7 Å². The number of nitro groups is 2. The van der Waals surface area contributed by atoms with Crippen LogP contribution in [-0.2, 0) is 4.74 Å². The monoisotopic (exact) mass is 563 g/mol. The summed E-state index contributed by atoms with van der Waals surface area (Å²) >= 11 is 0. The molecule has 0 bridgehead atoms. The zero-order valence-electron chi connectivity index (χ0n) is 24.8. The molecule has 6 N–H and O–H groups in total. The molecule has 0 saturated carbocycles. The molecule has 2 unspecified atom stereocenters. The molecule has 11 heteroatoms. The third kappa shape index (κ3) is 15.1. The van der Waals surface area contributed by atoms with Crippen LogP contribution < -0.4 is 21.9 Å². The van der Waals surface area contributed by atoms with Gasteiger partial charge in [-0.3, -0.25) is 20.2 Å². The Hall–Kier alpha value is -3.60. The highest BCUT2D eigenvalue weighted by atomic mass is 16.6. The first kappa shape index (κ1) is 36.4. The molecule has 2 aromatic carbocycles. The summed E-state index contributed by atoms with van der Waals surface area (Å²) in [5, 5.41) is 20.5. The predicted octanol–water partition coefficient (Wildman–Crippen LogP) is 7.38. The van der Waals surface area contributed by atoms with E-state index in [0.29, 0.717) is 23.0 Å². The largest absolute Gasteiger partial charge is 0.491 e. The van der Waals surface area contributed by atoms with Crippen molar-refractivity contribution in [2.24, 2.45) is 11.8 Å². The van der Waals surface area contributed by atoms with E-state index in [1.54, 1.807) is 25.3 Å². The van der Waals surface area contributed by atoms with Crippen molar-refractivity contribution in [3.63, 3.8) is 0 Å². The molecule has 2 rings (SSSR count). The zero-order chi connectivity index (χ0) is 30.5. The molecule has 2 aromatic rings. The molecular formula is C29H49N5O6. The van der Waals surface area contributed by atoms with Gasteiger partial charge in [-0.05, 0) is 42.9 Å². The lowest BCUT2D eigenvalue weighted by Gasteiger charge is -2.16. The first-order valence-electron chi connectivity index (χ1n) is 14.0. The highest BCUT2D eigenvalue weighted by Crippen LogP contribution is 2.26. The molecule has 0 aromatic heterocycles. The summed E-state index contributed by atoms with van der Waals surface area (Å²) in [5.74, 6) is 2.11. The number of benzene rings is 2. The van der Waals surface area contributed by atoms with Gasteiger partial charge in [-0.25, -0.2) is 0 Å². The van der Waals surface area contributed by atoms with Crippen LogP contribution in [0.2, 0.25) is 0 Å². The smallest absolute Gasteiger partial charge is 0.298 e. The van der Waals surface area contributed by atoms with Gasteiger partial charge in [0.1, 0.15) is 11.4 Å². The van der Waals surface area contributed by atoms with Crippen LogP contribution in [0.3, 0.4) is 0 Å². The van der Waals surface area contributed by atoms with Gasteiger partial charge in [0.25, 0.3) is 11.4 Å². The maximum Gasteiger partial charge on any atom is 0.298 e. The highest BCUT2D eigenvalue weighted by Gasteiger charge is 2.16. The number of unbranched alkanes of at least 4 members (excludes halogenated alkanes) is 2. The Balaban J connectivity index is 0.000000593. The number of non-ortho nitro benzene ring substituents is 1. The minimum absolute atomic E-state index is 0.0874. The number of nitrogen functional groups attached to an aromatic ring is 3. The van der Waals surface area contributed by atoms with E-state index in [9.17, 15) is 20.2 Å². The molecule has 226 valence electrons. The minimum atomic E-state index is -0.762. The van der Waals surface area contributed by atoms with Crippen LogP contribution in [0.4, 0.5) is 28.4 Å². The zero-order valence-corrected chi connectivity index (χ0v) is 24.8. The molecule has 0 radical (unpaired) electrons. The Labute approximate surface area is 238 Å². The van der Waals surface area contributed by atoms with E-state index >= 15 is 0 Å². The van der Waals surface area contributed by atoms with Crippen molar-refractivity contribution < 1.29 is 19.3 Å². The van der Waals surface area contributed by atoms with E-state index in [4.69, 9.17) is 26.7 Å². The number of hydrogen-bond acceptors (Lipinski definition) is 9. The fourth-order valence-electron chi connectivity index (χ4n) is 3.72. The fourth-order valence-corrected chi connectivity index (χ4v) is 3.72. The Bertz CT molecular complexity index is 1000. The van der Waals surface area contributed by atoms with Crippen molar-refractivity contribution >= 4 is 28.4 Å². The first-order valence-corrected chi connectivity index (χ1v) is 14.0. The fraction of sp³-hybridized carbons (Fsp3) is 0.586. The molecule has 40 heavy (non-hydrogen) atoms. The lowest BCUT2D eigenvalue weighted by atomic mass is 10.0. The second-order valence-electron chi connectivity index (χ2n) is 9.65. The van der Waals surface area contributed by atoms with Crippen molar-refractivity contribution in [2.45, 2.75) is 79.1 Å². The van der Waals surface area contributed by atoms with Gasteiger partial charge in [-0.15, -0.1) is 0 Å². The Morgan fingerprint density at radius 2 is 1.32 bits per heavy atom. The van der Waals surface area contributed by atoms with E-state index in [1.165, 1.54) is 44.9 Å². The summed E-state index contributed by atoms with van der Waals surface area (Å²) < 4.78 is 10.9. The predicted molar refractivity (Wildman–Crippen MR) is 163 cm³/mol. The molecule has 0 spiro atoms. The van der Waals surface area contributed by atoms with Gasteiger partial charge in [-0.1, -0.05) is 66.2 Å². The van der Waals surface area contributed by atoms with Crippen molar-refractivity contribution in [1.29, 1.82) is 0 Å². The number of hydrogen-bond donors (Lipinski definition) is 3. The van der Waals surface area contributed by atoms with Crippen LogP contribution in [0.5, 0.6) is 5.75 Å². The van der Waals surface area contributed by atoms with Crippen molar-refractivity contribution in [2.75, 3.05) is 37.5 Å². The van der Waals surface area contributed by atoms with E-state index in [0.717, 1.165) is 43.8 Å². The van der Waals surface area contributed by atoms with Crippen LogP contribution in [0.1, 0.15) is 79.1 Å². The number of nitrogens with zero attached hydrogens (tertiary/aromatic N) is 2. The van der Waals surface area contributed by atoms with Gasteiger partial charge in [0.2, 0.25) is 0 Å². The van der Waals surface area contributed by atoms with E-state index in [-0.39, 0.29) is 11.4 Å². The summed E-state index contributed by atoms with van der Waals surface area (Å²) in [6.07, 6.45) is 10.1. The van der Waals surface area contributed by atoms with Crippen molar-refractivity contribution in [1.82, 2.24) is 0 Å². The number of rotatable bonds is 15. The number of nitro benzene ring substituents is 2. The van der Waals surface area contributed by atoms with Crippen LogP contribution >= 0.6 is 0 Å². The van der Waals surface area contributed by atoms with Crippen LogP contribution in [0.15, 0.2) is 36.4 Å². The molecule has 0 amide bonds. The number of nitrogens with two attached hydrogens (primary N) is 3. The van der Waals surface area contributed by atoms with Gasteiger partial charge < -0.3 is 26.7 Å². The number of methoxy groups -OCH3 is 1. The molecule has 0 fully saturated rings. The molecule has 0 saturated heterocycles. The summed E-state index contributed by atoms with van der Waals surface area (Å²) in [6.45, 7) is 10.6. The van der Waals surface area contributed by atoms with Gasteiger partial charge in [-0.2, -0.15) is 0 Å². The Morgan fingerprint density at radius 3 is 1.80 bits per heavy atom. The molecule has 0 aliphatic carbocycles. The van der Waals surface area contributed by atoms with Crippen LogP contribution in [0, 0.1) is 32.1 Å². The SMILES string of the molecule is CCCCC(CC)COC.CCCCC(CC)COc1cc(N)ccc1N.Nc1ccc([N+](=O)[O-])cc1[N+](=O)[O-]. The maximum absolute atomic E-state index is 10.3. The normalized spacial score (nSPS) is 11.7. The van der Waals surface area contributed by atoms with Crippen molar-refractivity contribution in [3.8, 4) is 5.75 Å². The van der Waals surface area contributed by atoms with E-state index < -0.39 is 15.5 Å². The molecular weight excluding hydrogens is 514 g/mol. The maximum atomic E-state index is 10.3. The standard InChI is InChI=1S/C14H24N2O.C9H20O.C6H5N3O4/c1-3-5-6-11(4-2)10-17-14-9-12(15)7-8-13(14)16;1-4-6-7-9(5-2)8-10-3;7-5-2-1-4(8(10)11)3-6(5)9(12)13/h7-9,11H,3-6,10,15-16H2,1-2H3;9H,4-8H2,1-3H3;1-3H,7H2. The highest BCUT2D eigenvalue weighted by molar-refractivity contribution is 5.62. The van der Waals surface area contributed by atoms with Crippen molar-refractivity contribution in [3.05, 3.63) is 56.6 Å². The Kier molecular flexibility index (Phi) is 19.3. The van der Waals surface area contributed by atoms with Gasteiger partial charge in [0, 0.05) is 31.5 Å². The average molecular weight is 564 g/mol. The third-order valence-corrected chi connectivity index (χ3v) is 6.42. The van der Waals surface area contributed by atoms with Gasteiger partial charge >= 0.3 is 0 Å². The topological polar surface area (TPSA) is 183 Å². The second kappa shape index (κ2) is 21.2. The quantitative estimate of drug-likeness (QED) is 0.113. The molecule has 0 aliphatic rings. The third-order valence-electron chi connectivity index (χ3n) is 6.42. The molecule has 11 nitrogen and oxygen atoms in total. The summed E-state index contributed by atoms with van der Waals surface area (Å²) in [4.78, 5) is 19.1.